The summed E-state index contributed by atoms with van der Waals surface area (Å²) in [5, 5.41) is 11.8. The molecule has 0 unspecified atom stereocenters. The molecule has 0 bridgehead atoms. The lowest BCUT2D eigenvalue weighted by atomic mass is 9.48. The lowest BCUT2D eigenvalue weighted by molar-refractivity contribution is -0.141. The minimum atomic E-state index is -4.91. The van der Waals surface area contributed by atoms with E-state index in [9.17, 15) is 45.5 Å². The van der Waals surface area contributed by atoms with Gasteiger partial charge in [0.05, 0.1) is 16.8 Å². The van der Waals surface area contributed by atoms with Crippen molar-refractivity contribution in [2.45, 2.75) is 155 Å². The molecule has 2 aliphatic heterocycles. The number of benzene rings is 1. The molecule has 0 saturated heterocycles. The summed E-state index contributed by atoms with van der Waals surface area (Å²) in [6, 6.07) is 1.46. The largest absolute Gasteiger partial charge is 0.418 e. The van der Waals surface area contributed by atoms with Gasteiger partial charge in [-0.2, -0.15) is 26.3 Å². The minimum absolute atomic E-state index is 0.0535. The summed E-state index contributed by atoms with van der Waals surface area (Å²) in [7, 11) is 0. The average molecular weight is 901 g/mol. The number of carbonyl (C=O) groups excluding carboxylic acids is 4. The third-order valence-electron chi connectivity index (χ3n) is 18.4. The normalized spacial score (nSPS) is 41.0. The van der Waals surface area contributed by atoms with E-state index in [1.165, 1.54) is 19.3 Å². The molecular formula is C50H66F6N4O4. The van der Waals surface area contributed by atoms with Crippen LogP contribution < -0.4 is 21.3 Å². The van der Waals surface area contributed by atoms with Crippen molar-refractivity contribution in [3.05, 3.63) is 53.6 Å². The molecule has 6 fully saturated rings. The Balaban J connectivity index is 0.000000184. The maximum atomic E-state index is 13.6. The first kappa shape index (κ1) is 46.7. The maximum Gasteiger partial charge on any atom is 0.418 e. The van der Waals surface area contributed by atoms with Gasteiger partial charge in [-0.15, -0.1) is 0 Å². The number of fused-ring (bicyclic) bond motifs is 10. The Labute approximate surface area is 373 Å². The molecule has 64 heavy (non-hydrogen) atoms. The number of alkyl halides is 6. The van der Waals surface area contributed by atoms with Crippen molar-refractivity contribution in [3.8, 4) is 0 Å². The summed E-state index contributed by atoms with van der Waals surface area (Å²) in [6.07, 6.45) is 8.99. The van der Waals surface area contributed by atoms with Crippen molar-refractivity contribution in [1.29, 1.82) is 0 Å². The molecule has 8 aliphatic rings. The van der Waals surface area contributed by atoms with Gasteiger partial charge >= 0.3 is 12.4 Å². The summed E-state index contributed by atoms with van der Waals surface area (Å²) in [4.78, 5) is 50.2. The number of halogens is 6. The van der Waals surface area contributed by atoms with Crippen LogP contribution in [0.1, 0.15) is 137 Å². The smallest absolute Gasteiger partial charge is 0.351 e. The second kappa shape index (κ2) is 15.9. The van der Waals surface area contributed by atoms with Crippen molar-refractivity contribution < 1.29 is 45.5 Å². The number of anilines is 1. The van der Waals surface area contributed by atoms with E-state index in [1.807, 2.05) is 13.0 Å². The van der Waals surface area contributed by atoms with Crippen molar-refractivity contribution in [2.75, 3.05) is 5.32 Å². The molecular weight excluding hydrogens is 835 g/mol. The van der Waals surface area contributed by atoms with Crippen LogP contribution in [-0.4, -0.2) is 41.3 Å². The van der Waals surface area contributed by atoms with Gasteiger partial charge < -0.3 is 21.3 Å². The van der Waals surface area contributed by atoms with Crippen LogP contribution in [0.15, 0.2) is 42.5 Å². The van der Waals surface area contributed by atoms with Gasteiger partial charge in [0.1, 0.15) is 0 Å². The molecule has 2 heterocycles. The SMILES string of the molecule is CC(C)(C)NC(=O)[C@H]1CC[C@H]2[C@@H]3CC[C@H]4NC(=O)C=C[C@]4(C)[C@H]3CC[C@]12C.C[C@]12C=CC(=O)N[C@@H]1CC[C@@H]1[C@@H]2CC[C@]2(C)[C@@H](C(=O)Nc3cc(C(F)(F)F)ccc3C(F)(F)F)CC[C@@H]12. The summed E-state index contributed by atoms with van der Waals surface area (Å²) >= 11 is 0. The van der Waals surface area contributed by atoms with Gasteiger partial charge in [-0.1, -0.05) is 39.8 Å². The Bertz CT molecular complexity index is 2110. The molecule has 0 radical (unpaired) electrons. The molecule has 8 nitrogen and oxygen atoms in total. The van der Waals surface area contributed by atoms with E-state index in [-0.39, 0.29) is 63.4 Å². The molecule has 6 aliphatic carbocycles. The first-order valence-electron chi connectivity index (χ1n) is 23.6. The highest BCUT2D eigenvalue weighted by Crippen LogP contribution is 2.67. The van der Waals surface area contributed by atoms with Crippen LogP contribution in [0.5, 0.6) is 0 Å². The van der Waals surface area contributed by atoms with E-state index < -0.39 is 46.4 Å². The van der Waals surface area contributed by atoms with Crippen LogP contribution in [-0.2, 0) is 31.5 Å². The topological polar surface area (TPSA) is 116 Å². The first-order chi connectivity index (χ1) is 29.7. The third kappa shape index (κ3) is 8.00. The number of hydrogen-bond acceptors (Lipinski definition) is 4. The predicted molar refractivity (Wildman–Crippen MR) is 231 cm³/mol. The van der Waals surface area contributed by atoms with Crippen LogP contribution >= 0.6 is 0 Å². The predicted octanol–water partition coefficient (Wildman–Crippen LogP) is 10.4. The molecule has 1 aromatic rings. The van der Waals surface area contributed by atoms with Crippen LogP contribution in [0, 0.1) is 69.0 Å². The van der Waals surface area contributed by atoms with Crippen LogP contribution in [0.3, 0.4) is 0 Å². The molecule has 0 aromatic heterocycles. The van der Waals surface area contributed by atoms with Crippen LogP contribution in [0.2, 0.25) is 0 Å². The Hall–Kier alpha value is -3.84. The molecule has 4 N–H and O–H groups in total. The van der Waals surface area contributed by atoms with E-state index in [1.54, 1.807) is 12.2 Å². The molecule has 1 aromatic carbocycles. The molecule has 0 spiro atoms. The lowest BCUT2D eigenvalue weighted by Gasteiger charge is -2.58. The van der Waals surface area contributed by atoms with Crippen molar-refractivity contribution in [1.82, 2.24) is 16.0 Å². The fraction of sp³-hybridized carbons (Fsp3) is 0.720. The number of amides is 4. The zero-order chi connectivity index (χ0) is 46.6. The highest BCUT2D eigenvalue weighted by atomic mass is 19.4. The van der Waals surface area contributed by atoms with E-state index in [2.05, 4.69) is 68.9 Å². The van der Waals surface area contributed by atoms with Gasteiger partial charge in [-0.25, -0.2) is 0 Å². The quantitative estimate of drug-likeness (QED) is 0.226. The lowest BCUT2D eigenvalue weighted by Crippen LogP contribution is -2.59. The highest BCUT2D eigenvalue weighted by Gasteiger charge is 2.63. The Kier molecular flexibility index (Phi) is 11.6. The average Bonchev–Trinajstić information content (AvgIpc) is 3.74. The minimum Gasteiger partial charge on any atom is -0.351 e. The summed E-state index contributed by atoms with van der Waals surface area (Å²) in [5.41, 5.74) is -4.03. The Morgan fingerprint density at radius 3 is 1.52 bits per heavy atom. The molecule has 352 valence electrons. The van der Waals surface area contributed by atoms with Crippen molar-refractivity contribution >= 4 is 29.3 Å². The van der Waals surface area contributed by atoms with Crippen molar-refractivity contribution in [2.24, 2.45) is 69.0 Å². The van der Waals surface area contributed by atoms with Crippen LogP contribution in [0.4, 0.5) is 32.0 Å². The van der Waals surface area contributed by atoms with Crippen LogP contribution in [0.25, 0.3) is 0 Å². The fourth-order valence-electron chi connectivity index (χ4n) is 15.3. The van der Waals surface area contributed by atoms with E-state index in [4.69, 9.17) is 0 Å². The third-order valence-corrected chi connectivity index (χ3v) is 18.4. The van der Waals surface area contributed by atoms with Crippen molar-refractivity contribution in [3.63, 3.8) is 0 Å². The standard InChI is InChI=1S/C27H30F6N2O2.C23H36N2O2/c1-24-11-9-17-15(4-8-21-25(17,2)12-10-22(36)35-21)16(24)6-7-19(24)23(37)34-20-13-14(26(28,29)30)3-5-18(20)27(31,32)33;1-21(2,3)25-20(27)17-8-7-15-14-6-9-18-23(5,13-11-19(26)24-18)16(14)10-12-22(15,17)4/h3,5,10,12-13,15-17,19,21H,4,6-9,11H2,1-2H3,(H,34,37)(H,35,36);11,13-18H,6-10,12H2,1-5H3,(H,24,26)(H,25,27)/t15-,16-,17-,19+,21+,24-,25+;14-,15-,16-,17+,18+,22-,23+/m00/s1. The second-order valence-electron chi connectivity index (χ2n) is 22.8. The summed E-state index contributed by atoms with van der Waals surface area (Å²) in [6.45, 7) is 15.1. The zero-order valence-electron chi connectivity index (χ0n) is 38.2. The van der Waals surface area contributed by atoms with Gasteiger partial charge in [0, 0.05) is 40.3 Å². The fourth-order valence-corrected chi connectivity index (χ4v) is 15.3. The van der Waals surface area contributed by atoms with Gasteiger partial charge in [0.15, 0.2) is 0 Å². The Morgan fingerprint density at radius 2 is 1.08 bits per heavy atom. The second-order valence-corrected chi connectivity index (χ2v) is 22.8. The van der Waals surface area contributed by atoms with E-state index >= 15 is 0 Å². The molecule has 4 amide bonds. The highest BCUT2D eigenvalue weighted by molar-refractivity contribution is 5.94. The number of nitrogens with one attached hydrogen (secondary N) is 4. The molecule has 9 rings (SSSR count). The van der Waals surface area contributed by atoms with Gasteiger partial charge in [-0.3, -0.25) is 19.2 Å². The molecule has 6 saturated carbocycles. The van der Waals surface area contributed by atoms with Gasteiger partial charge in [0.2, 0.25) is 23.6 Å². The monoisotopic (exact) mass is 900 g/mol. The maximum absolute atomic E-state index is 13.6. The van der Waals surface area contributed by atoms with E-state index in [0.717, 1.165) is 44.9 Å². The number of rotatable bonds is 3. The summed E-state index contributed by atoms with van der Waals surface area (Å²) in [5.74, 6) is 1.85. The first-order valence-corrected chi connectivity index (χ1v) is 23.6. The zero-order valence-corrected chi connectivity index (χ0v) is 38.2. The van der Waals surface area contributed by atoms with E-state index in [0.29, 0.717) is 60.6 Å². The molecule has 14 atom stereocenters. The number of carbonyl (C=O) groups is 4. The summed E-state index contributed by atoms with van der Waals surface area (Å²) < 4.78 is 80.4. The number of hydrogen-bond donors (Lipinski definition) is 4. The van der Waals surface area contributed by atoms with Gasteiger partial charge in [-0.05, 0) is 175 Å². The Morgan fingerprint density at radius 1 is 0.609 bits per heavy atom. The van der Waals surface area contributed by atoms with Gasteiger partial charge in [0.25, 0.3) is 0 Å². The molecule has 14 heteroatoms.